The normalized spacial score (nSPS) is 16.6. The summed E-state index contributed by atoms with van der Waals surface area (Å²) < 4.78 is 0. The molecule has 0 saturated carbocycles. The van der Waals surface area contributed by atoms with Crippen molar-refractivity contribution in [2.24, 2.45) is 0 Å². The van der Waals surface area contributed by atoms with Crippen molar-refractivity contribution in [3.63, 3.8) is 0 Å². The van der Waals surface area contributed by atoms with Gasteiger partial charge in [-0.1, -0.05) is 23.7 Å². The topological polar surface area (TPSA) is 59.6 Å². The number of hydrogen-bond acceptors (Lipinski definition) is 3. The molecule has 0 aliphatic carbocycles. The summed E-state index contributed by atoms with van der Waals surface area (Å²) in [5.41, 5.74) is 4.12. The van der Waals surface area contributed by atoms with E-state index in [2.05, 4.69) is 4.98 Å². The van der Waals surface area contributed by atoms with Crippen LogP contribution >= 0.6 is 11.6 Å². The van der Waals surface area contributed by atoms with E-state index in [1.807, 2.05) is 54.2 Å². The maximum atomic E-state index is 13.1. The van der Waals surface area contributed by atoms with E-state index in [4.69, 9.17) is 11.6 Å². The molecule has 2 aromatic carbocycles. The molecule has 2 N–H and O–H groups in total. The molecule has 1 aliphatic rings. The number of fused-ring (bicyclic) bond motifs is 3. The van der Waals surface area contributed by atoms with E-state index in [0.29, 0.717) is 24.5 Å². The summed E-state index contributed by atoms with van der Waals surface area (Å²) in [5, 5.41) is 11.8. The lowest BCUT2D eigenvalue weighted by molar-refractivity contribution is -0.133. The molecular weight excluding hydrogens is 374 g/mol. The van der Waals surface area contributed by atoms with Gasteiger partial charge < -0.3 is 19.9 Å². The third kappa shape index (κ3) is 3.48. The minimum Gasteiger partial charge on any atom is -0.508 e. The van der Waals surface area contributed by atoms with Crippen LogP contribution in [0, 0.1) is 0 Å². The van der Waals surface area contributed by atoms with Gasteiger partial charge >= 0.3 is 0 Å². The molecule has 0 fully saturated rings. The third-order valence-corrected chi connectivity index (χ3v) is 5.60. The average molecular weight is 398 g/mol. The zero-order chi connectivity index (χ0) is 19.8. The largest absolute Gasteiger partial charge is 0.508 e. The second-order valence-electron chi connectivity index (χ2n) is 7.60. The standard InChI is InChI=1S/C22H24ClN3O2/c1-25(2)10-9-20(28)26-11-8-17-18-13-15(23)6-7-19(18)24-21(17)22(26)14-4-3-5-16(27)12-14/h3-7,12-13,22,24,27H,8-11H2,1-2H3. The Balaban J connectivity index is 1.81. The van der Waals surface area contributed by atoms with E-state index in [-0.39, 0.29) is 17.7 Å². The van der Waals surface area contributed by atoms with Crippen molar-refractivity contribution in [3.8, 4) is 5.75 Å². The van der Waals surface area contributed by atoms with E-state index in [0.717, 1.165) is 28.6 Å². The van der Waals surface area contributed by atoms with E-state index in [9.17, 15) is 9.90 Å². The number of carbonyl (C=O) groups is 1. The van der Waals surface area contributed by atoms with Crippen molar-refractivity contribution in [2.45, 2.75) is 18.9 Å². The number of amides is 1. The van der Waals surface area contributed by atoms with E-state index < -0.39 is 0 Å². The molecule has 0 spiro atoms. The first-order chi connectivity index (χ1) is 13.4. The van der Waals surface area contributed by atoms with E-state index >= 15 is 0 Å². The summed E-state index contributed by atoms with van der Waals surface area (Å²) >= 11 is 6.23. The Labute approximate surface area is 169 Å². The first-order valence-electron chi connectivity index (χ1n) is 9.47. The van der Waals surface area contributed by atoms with Gasteiger partial charge in [0.2, 0.25) is 5.91 Å². The number of phenolic OH excluding ortho intramolecular Hbond substituents is 1. The van der Waals surface area contributed by atoms with Crippen LogP contribution < -0.4 is 0 Å². The fourth-order valence-corrected chi connectivity index (χ4v) is 4.21. The Hall–Kier alpha value is -2.50. The maximum absolute atomic E-state index is 13.1. The smallest absolute Gasteiger partial charge is 0.224 e. The molecular formula is C22H24ClN3O2. The molecule has 1 aliphatic heterocycles. The molecule has 2 heterocycles. The fraction of sp³-hybridized carbons (Fsp3) is 0.318. The Kier molecular flexibility index (Phi) is 5.04. The van der Waals surface area contributed by atoms with Crippen LogP contribution in [0.1, 0.15) is 29.3 Å². The highest BCUT2D eigenvalue weighted by Gasteiger charge is 2.34. The first kappa shape index (κ1) is 18.8. The summed E-state index contributed by atoms with van der Waals surface area (Å²) in [7, 11) is 3.94. The van der Waals surface area contributed by atoms with Gasteiger partial charge in [0.1, 0.15) is 5.75 Å². The zero-order valence-corrected chi connectivity index (χ0v) is 16.8. The molecule has 0 radical (unpaired) electrons. The molecule has 0 saturated heterocycles. The van der Waals surface area contributed by atoms with Gasteiger partial charge in [0.15, 0.2) is 0 Å². The second kappa shape index (κ2) is 7.49. The second-order valence-corrected chi connectivity index (χ2v) is 8.03. The van der Waals surface area contributed by atoms with Gasteiger partial charge in [-0.15, -0.1) is 0 Å². The van der Waals surface area contributed by atoms with Gasteiger partial charge in [-0.05, 0) is 62.0 Å². The lowest BCUT2D eigenvalue weighted by Crippen LogP contribution is -2.41. The zero-order valence-electron chi connectivity index (χ0n) is 16.1. The molecule has 4 rings (SSSR count). The first-order valence-corrected chi connectivity index (χ1v) is 9.85. The van der Waals surface area contributed by atoms with Crippen LogP contribution in [-0.2, 0) is 11.2 Å². The quantitative estimate of drug-likeness (QED) is 0.700. The van der Waals surface area contributed by atoms with Crippen molar-refractivity contribution in [3.05, 3.63) is 64.3 Å². The fourth-order valence-electron chi connectivity index (χ4n) is 4.03. The Bertz CT molecular complexity index is 1030. The van der Waals surface area contributed by atoms with Crippen molar-refractivity contribution < 1.29 is 9.90 Å². The number of hydrogen-bond donors (Lipinski definition) is 2. The number of nitrogens with one attached hydrogen (secondary N) is 1. The number of aromatic nitrogens is 1. The predicted octanol–water partition coefficient (Wildman–Crippen LogP) is 3.95. The highest BCUT2D eigenvalue weighted by atomic mass is 35.5. The van der Waals surface area contributed by atoms with Crippen molar-refractivity contribution >= 4 is 28.4 Å². The van der Waals surface area contributed by atoms with Crippen molar-refractivity contribution in [1.29, 1.82) is 0 Å². The molecule has 1 aromatic heterocycles. The highest BCUT2D eigenvalue weighted by molar-refractivity contribution is 6.31. The van der Waals surface area contributed by atoms with Crippen molar-refractivity contribution in [2.75, 3.05) is 27.2 Å². The van der Waals surface area contributed by atoms with E-state index in [1.54, 1.807) is 12.1 Å². The summed E-state index contributed by atoms with van der Waals surface area (Å²) in [4.78, 5) is 20.5. The van der Waals surface area contributed by atoms with Crippen LogP contribution in [0.2, 0.25) is 5.02 Å². The van der Waals surface area contributed by atoms with Crippen LogP contribution in [0.5, 0.6) is 5.75 Å². The van der Waals surface area contributed by atoms with Gasteiger partial charge in [-0.25, -0.2) is 0 Å². The Morgan fingerprint density at radius 2 is 2.11 bits per heavy atom. The van der Waals surface area contributed by atoms with Gasteiger partial charge in [-0.2, -0.15) is 0 Å². The van der Waals surface area contributed by atoms with Crippen LogP contribution in [-0.4, -0.2) is 53.0 Å². The van der Waals surface area contributed by atoms with Crippen LogP contribution in [0.4, 0.5) is 0 Å². The van der Waals surface area contributed by atoms with Crippen LogP contribution in [0.15, 0.2) is 42.5 Å². The van der Waals surface area contributed by atoms with Gasteiger partial charge in [0, 0.05) is 41.1 Å². The van der Waals surface area contributed by atoms with Crippen molar-refractivity contribution in [1.82, 2.24) is 14.8 Å². The van der Waals surface area contributed by atoms with Gasteiger partial charge in [-0.3, -0.25) is 4.79 Å². The number of H-pyrrole nitrogens is 1. The van der Waals surface area contributed by atoms with Crippen LogP contribution in [0.25, 0.3) is 10.9 Å². The summed E-state index contributed by atoms with van der Waals surface area (Å²) in [6, 6.07) is 12.8. The molecule has 1 unspecified atom stereocenters. The molecule has 28 heavy (non-hydrogen) atoms. The number of nitrogens with zero attached hydrogens (tertiary/aromatic N) is 2. The third-order valence-electron chi connectivity index (χ3n) is 5.37. The molecule has 146 valence electrons. The molecule has 1 atom stereocenters. The number of phenols is 1. The Morgan fingerprint density at radius 1 is 1.29 bits per heavy atom. The maximum Gasteiger partial charge on any atom is 0.224 e. The number of benzene rings is 2. The average Bonchev–Trinajstić information content (AvgIpc) is 3.03. The number of carbonyl (C=O) groups excluding carboxylic acids is 1. The molecule has 1 amide bonds. The number of rotatable bonds is 4. The minimum atomic E-state index is -0.253. The van der Waals surface area contributed by atoms with Crippen LogP contribution in [0.3, 0.4) is 0 Å². The summed E-state index contributed by atoms with van der Waals surface area (Å²) in [6.45, 7) is 1.34. The monoisotopic (exact) mass is 397 g/mol. The summed E-state index contributed by atoms with van der Waals surface area (Å²) in [5.74, 6) is 0.314. The SMILES string of the molecule is CN(C)CCC(=O)N1CCc2c([nH]c3ccc(Cl)cc23)C1c1cccc(O)c1. The molecule has 0 bridgehead atoms. The lowest BCUT2D eigenvalue weighted by atomic mass is 9.92. The van der Waals surface area contributed by atoms with Gasteiger partial charge in [0.25, 0.3) is 0 Å². The Morgan fingerprint density at radius 3 is 2.86 bits per heavy atom. The highest BCUT2D eigenvalue weighted by Crippen LogP contribution is 2.40. The number of aromatic amines is 1. The lowest BCUT2D eigenvalue weighted by Gasteiger charge is -2.36. The number of aromatic hydroxyl groups is 1. The molecule has 5 nitrogen and oxygen atoms in total. The number of halogens is 1. The van der Waals surface area contributed by atoms with E-state index in [1.165, 1.54) is 5.56 Å². The minimum absolute atomic E-state index is 0.115. The molecule has 6 heteroatoms. The summed E-state index contributed by atoms with van der Waals surface area (Å²) in [6.07, 6.45) is 1.24. The van der Waals surface area contributed by atoms with Gasteiger partial charge in [0.05, 0.1) is 6.04 Å². The molecule has 3 aromatic rings. The predicted molar refractivity (Wildman–Crippen MR) is 112 cm³/mol.